The first kappa shape index (κ1) is 31.5. The summed E-state index contributed by atoms with van der Waals surface area (Å²) in [6.45, 7) is 0. The lowest BCUT2D eigenvalue weighted by molar-refractivity contribution is 1.07. The van der Waals surface area contributed by atoms with Gasteiger partial charge in [0.1, 0.15) is 0 Å². The fraction of sp³-hybridized carbons (Fsp3) is 0. The maximum Gasteiger partial charge on any atom is 0.164 e. The number of hydrogen-bond donors (Lipinski definition) is 0. The molecule has 0 amide bonds. The van der Waals surface area contributed by atoms with Gasteiger partial charge in [-0.3, -0.25) is 0 Å². The monoisotopic (exact) mass is 728 g/mol. The molecule has 266 valence electrons. The Kier molecular flexibility index (Phi) is 6.83. The van der Waals surface area contributed by atoms with Crippen LogP contribution in [0.2, 0.25) is 0 Å². The maximum absolute atomic E-state index is 5.01. The number of para-hydroxylation sites is 5. The third kappa shape index (κ3) is 4.74. The zero-order valence-corrected chi connectivity index (χ0v) is 30.7. The van der Waals surface area contributed by atoms with Gasteiger partial charge in [-0.2, -0.15) is 0 Å². The summed E-state index contributed by atoms with van der Waals surface area (Å²) in [7, 11) is 0. The first-order chi connectivity index (χ1) is 28.3. The Bertz CT molecular complexity index is 3270. The highest BCUT2D eigenvalue weighted by atomic mass is 15.2. The van der Waals surface area contributed by atoms with E-state index in [2.05, 4.69) is 147 Å². The number of benzene rings is 8. The predicted octanol–water partition coefficient (Wildman–Crippen LogP) is 12.8. The van der Waals surface area contributed by atoms with Crippen LogP contribution in [-0.4, -0.2) is 24.1 Å². The van der Waals surface area contributed by atoms with Crippen LogP contribution in [0.3, 0.4) is 0 Å². The van der Waals surface area contributed by atoms with Gasteiger partial charge in [-0.15, -0.1) is 0 Å². The van der Waals surface area contributed by atoms with Crippen molar-refractivity contribution in [2.45, 2.75) is 0 Å². The quantitative estimate of drug-likeness (QED) is 0.177. The number of aromatic nitrogens is 5. The minimum Gasteiger partial charge on any atom is -0.309 e. The van der Waals surface area contributed by atoms with Crippen molar-refractivity contribution in [1.82, 2.24) is 24.1 Å². The second-order valence-corrected chi connectivity index (χ2v) is 14.5. The molecule has 57 heavy (non-hydrogen) atoms. The first-order valence-electron chi connectivity index (χ1n) is 19.2. The van der Waals surface area contributed by atoms with Crippen molar-refractivity contribution in [3.05, 3.63) is 194 Å². The van der Waals surface area contributed by atoms with E-state index in [-0.39, 0.29) is 0 Å². The summed E-state index contributed by atoms with van der Waals surface area (Å²) in [5.74, 6) is 1.93. The van der Waals surface area contributed by atoms with Crippen molar-refractivity contribution in [2.24, 2.45) is 0 Å². The SMILES string of the molecule is c1ccc(-c2nc(-c3ccccc3)nc(-c3ccc(-n4c5ccccc5c5cc6c7c(c8ccccc8n7-c7ccccc7N6c6ccccc6)c54)cc3)n2)cc1. The second-order valence-electron chi connectivity index (χ2n) is 14.5. The molecule has 0 radical (unpaired) electrons. The smallest absolute Gasteiger partial charge is 0.164 e. The lowest BCUT2D eigenvalue weighted by Crippen LogP contribution is -2.18. The standard InChI is InChI=1S/C51H32N6/c1-4-16-33(17-5-1)49-52-50(34-18-6-2-7-19-34)54-51(53-49)35-28-30-37(31-29-35)56-41-24-12-10-22-38(41)40-32-45-48-46(47(40)56)39-23-11-13-25-42(39)57(48)44-27-15-14-26-43(44)55(45)36-20-8-3-9-21-36/h1-32H. The molecule has 6 nitrogen and oxygen atoms in total. The zero-order valence-electron chi connectivity index (χ0n) is 30.7. The largest absolute Gasteiger partial charge is 0.309 e. The summed E-state index contributed by atoms with van der Waals surface area (Å²) in [6.07, 6.45) is 0. The highest BCUT2D eigenvalue weighted by molar-refractivity contribution is 6.30. The Hall–Kier alpha value is -7.83. The van der Waals surface area contributed by atoms with Gasteiger partial charge in [-0.05, 0) is 66.7 Å². The van der Waals surface area contributed by atoms with Crippen LogP contribution in [0.25, 0.3) is 89.2 Å². The van der Waals surface area contributed by atoms with E-state index in [0.717, 1.165) is 50.6 Å². The minimum absolute atomic E-state index is 0.633. The van der Waals surface area contributed by atoms with E-state index in [4.69, 9.17) is 15.0 Å². The van der Waals surface area contributed by atoms with Gasteiger partial charge in [0.15, 0.2) is 17.5 Å². The molecule has 0 saturated carbocycles. The van der Waals surface area contributed by atoms with Crippen molar-refractivity contribution in [2.75, 3.05) is 4.90 Å². The van der Waals surface area contributed by atoms with Crippen LogP contribution >= 0.6 is 0 Å². The summed E-state index contributed by atoms with van der Waals surface area (Å²) < 4.78 is 4.91. The van der Waals surface area contributed by atoms with Gasteiger partial charge < -0.3 is 14.0 Å². The Morgan fingerprint density at radius 2 is 0.807 bits per heavy atom. The first-order valence-corrected chi connectivity index (χ1v) is 19.2. The summed E-state index contributed by atoms with van der Waals surface area (Å²) in [4.78, 5) is 17.4. The molecular formula is C51H32N6. The molecule has 1 aliphatic heterocycles. The summed E-state index contributed by atoms with van der Waals surface area (Å²) in [5.41, 5.74) is 13.2. The van der Waals surface area contributed by atoms with E-state index >= 15 is 0 Å². The van der Waals surface area contributed by atoms with Gasteiger partial charge in [0.05, 0.1) is 39.1 Å². The molecule has 6 heteroatoms. The Labute approximate surface area is 328 Å². The third-order valence-corrected chi connectivity index (χ3v) is 11.3. The molecule has 0 fully saturated rings. The highest BCUT2D eigenvalue weighted by Gasteiger charge is 2.31. The van der Waals surface area contributed by atoms with Gasteiger partial charge in [0.2, 0.25) is 0 Å². The van der Waals surface area contributed by atoms with Crippen LogP contribution in [0.1, 0.15) is 0 Å². The molecule has 0 bridgehead atoms. The summed E-state index contributed by atoms with van der Waals surface area (Å²) >= 11 is 0. The van der Waals surface area contributed by atoms with Crippen molar-refractivity contribution in [1.29, 1.82) is 0 Å². The van der Waals surface area contributed by atoms with Crippen molar-refractivity contribution in [3.63, 3.8) is 0 Å². The number of fused-ring (bicyclic) bond motifs is 9. The molecular weight excluding hydrogens is 697 g/mol. The Morgan fingerprint density at radius 3 is 1.44 bits per heavy atom. The molecule has 12 rings (SSSR count). The average molecular weight is 729 g/mol. The third-order valence-electron chi connectivity index (χ3n) is 11.3. The van der Waals surface area contributed by atoms with E-state index in [0.29, 0.717) is 17.5 Å². The summed E-state index contributed by atoms with van der Waals surface area (Å²) in [5, 5.41) is 4.86. The lowest BCUT2D eigenvalue weighted by Gasteiger charge is -2.33. The molecule has 1 aliphatic rings. The molecule has 0 spiro atoms. The number of hydrogen-bond acceptors (Lipinski definition) is 4. The average Bonchev–Trinajstić information content (AvgIpc) is 3.81. The molecule has 4 heterocycles. The summed E-state index contributed by atoms with van der Waals surface area (Å²) in [6, 6.07) is 68.4. The lowest BCUT2D eigenvalue weighted by atomic mass is 10.0. The molecule has 0 N–H and O–H groups in total. The normalized spacial score (nSPS) is 12.2. The second kappa shape index (κ2) is 12.3. The van der Waals surface area contributed by atoms with E-state index in [1.54, 1.807) is 0 Å². The topological polar surface area (TPSA) is 51.8 Å². The van der Waals surface area contributed by atoms with Crippen LogP contribution in [0.5, 0.6) is 0 Å². The molecule has 0 atom stereocenters. The van der Waals surface area contributed by atoms with Crippen LogP contribution in [0.4, 0.5) is 17.1 Å². The number of rotatable bonds is 5. The van der Waals surface area contributed by atoms with E-state index in [1.165, 1.54) is 38.1 Å². The van der Waals surface area contributed by atoms with Gasteiger partial charge >= 0.3 is 0 Å². The number of nitrogens with zero attached hydrogens (tertiary/aromatic N) is 6. The molecule has 0 aliphatic carbocycles. The number of anilines is 3. The maximum atomic E-state index is 5.01. The van der Waals surface area contributed by atoms with Crippen LogP contribution in [0, 0.1) is 0 Å². The fourth-order valence-electron chi connectivity index (χ4n) is 8.80. The van der Waals surface area contributed by atoms with Gasteiger partial charge in [0, 0.05) is 49.6 Å². The van der Waals surface area contributed by atoms with Crippen LogP contribution in [-0.2, 0) is 0 Å². The Morgan fingerprint density at radius 1 is 0.316 bits per heavy atom. The van der Waals surface area contributed by atoms with Crippen molar-refractivity contribution >= 4 is 60.7 Å². The molecule has 3 aromatic heterocycles. The van der Waals surface area contributed by atoms with Crippen molar-refractivity contribution < 1.29 is 0 Å². The van der Waals surface area contributed by atoms with E-state index < -0.39 is 0 Å². The highest BCUT2D eigenvalue weighted by Crippen LogP contribution is 2.53. The zero-order chi connectivity index (χ0) is 37.5. The predicted molar refractivity (Wildman–Crippen MR) is 233 cm³/mol. The van der Waals surface area contributed by atoms with Crippen LogP contribution < -0.4 is 4.90 Å². The van der Waals surface area contributed by atoms with Gasteiger partial charge in [-0.25, -0.2) is 15.0 Å². The van der Waals surface area contributed by atoms with E-state index in [9.17, 15) is 0 Å². The molecule has 0 saturated heterocycles. The van der Waals surface area contributed by atoms with Crippen LogP contribution in [0.15, 0.2) is 194 Å². The Balaban J connectivity index is 1.12. The van der Waals surface area contributed by atoms with Gasteiger partial charge in [0.25, 0.3) is 0 Å². The molecule has 11 aromatic rings. The van der Waals surface area contributed by atoms with Crippen molar-refractivity contribution in [3.8, 4) is 45.5 Å². The molecule has 8 aromatic carbocycles. The van der Waals surface area contributed by atoms with E-state index in [1.807, 2.05) is 60.7 Å². The fourth-order valence-corrected chi connectivity index (χ4v) is 8.80. The minimum atomic E-state index is 0.633. The molecule has 0 unspecified atom stereocenters. The van der Waals surface area contributed by atoms with Gasteiger partial charge in [-0.1, -0.05) is 127 Å².